The number of rotatable bonds is 26. The number of aliphatic carboxylic acids is 1. The second-order valence-corrected chi connectivity index (χ2v) is 23.7. The molecule has 30 heteroatoms. The van der Waals surface area contributed by atoms with E-state index in [0.717, 1.165) is 29.7 Å². The van der Waals surface area contributed by atoms with Gasteiger partial charge in [0.15, 0.2) is 11.9 Å². The van der Waals surface area contributed by atoms with Crippen molar-refractivity contribution in [1.82, 2.24) is 46.2 Å². The van der Waals surface area contributed by atoms with E-state index in [4.69, 9.17) is 28.7 Å². The van der Waals surface area contributed by atoms with E-state index in [1.807, 2.05) is 6.07 Å². The minimum Gasteiger partial charge on any atom is -0.480 e. The normalized spacial score (nSPS) is 23.2. The summed E-state index contributed by atoms with van der Waals surface area (Å²) in [6.07, 6.45) is 3.46. The Kier molecular flexibility index (Phi) is 23.2. The minimum absolute atomic E-state index is 0.0330. The number of β-amino-alcohol motifs (C(OH)–C–C–N with tert-alkyl or cyclic N) is 1. The van der Waals surface area contributed by atoms with Crippen LogP contribution >= 0.6 is 11.3 Å². The largest absolute Gasteiger partial charge is 0.480 e. The number of hydrogen-bond acceptors (Lipinski definition) is 16. The molecule has 86 heavy (non-hydrogen) atoms. The Bertz CT molecular complexity index is 2850. The Morgan fingerprint density at radius 2 is 1.37 bits per heavy atom. The minimum atomic E-state index is -1.64. The highest BCUT2D eigenvalue weighted by Crippen LogP contribution is 2.41. The smallest absolute Gasteiger partial charge is 0.325 e. The van der Waals surface area contributed by atoms with Gasteiger partial charge in [0.25, 0.3) is 0 Å². The van der Waals surface area contributed by atoms with E-state index in [-0.39, 0.29) is 102 Å². The Morgan fingerprint density at radius 1 is 0.698 bits per heavy atom. The molecule has 0 unspecified atom stereocenters. The molecule has 9 amide bonds. The summed E-state index contributed by atoms with van der Waals surface area (Å²) in [7, 11) is 0. The molecule has 5 aliphatic rings. The van der Waals surface area contributed by atoms with Crippen molar-refractivity contribution < 1.29 is 63.3 Å². The lowest BCUT2D eigenvalue weighted by molar-refractivity contribution is -0.153. The Labute approximate surface area is 501 Å². The van der Waals surface area contributed by atoms with Crippen molar-refractivity contribution in [3.05, 3.63) is 57.8 Å². The molecule has 3 saturated heterocycles. The molecule has 18 N–H and O–H groups in total. The van der Waals surface area contributed by atoms with Gasteiger partial charge in [-0.1, -0.05) is 43.2 Å². The lowest BCUT2D eigenvalue weighted by atomic mass is 9.84. The van der Waals surface area contributed by atoms with Crippen molar-refractivity contribution >= 4 is 82.4 Å². The van der Waals surface area contributed by atoms with Crippen molar-refractivity contribution in [3.8, 4) is 0 Å². The van der Waals surface area contributed by atoms with Gasteiger partial charge in [-0.2, -0.15) is 0 Å². The van der Waals surface area contributed by atoms with E-state index < -0.39 is 133 Å². The van der Waals surface area contributed by atoms with Crippen LogP contribution in [-0.2, 0) is 67.3 Å². The number of nitrogens with zero attached hydrogens (tertiary/aromatic N) is 6. The van der Waals surface area contributed by atoms with Crippen LogP contribution in [0, 0.1) is 5.92 Å². The van der Waals surface area contributed by atoms with E-state index >= 15 is 4.79 Å². The molecular formula is C56H82N16O13S. The van der Waals surface area contributed by atoms with E-state index in [1.54, 1.807) is 35.7 Å². The van der Waals surface area contributed by atoms with Crippen LogP contribution in [0.2, 0.25) is 0 Å². The summed E-state index contributed by atoms with van der Waals surface area (Å²) in [6, 6.07) is -0.688. The van der Waals surface area contributed by atoms with Crippen LogP contribution in [0.5, 0.6) is 0 Å². The number of fused-ring (bicyclic) bond motifs is 2. The zero-order valence-electron chi connectivity index (χ0n) is 48.2. The number of carbonyl (C=O) groups is 10. The fourth-order valence-corrected chi connectivity index (χ4v) is 13.0. The van der Waals surface area contributed by atoms with E-state index in [2.05, 4.69) is 36.6 Å². The number of aliphatic hydroxyl groups excluding tert-OH is 2. The first kappa shape index (κ1) is 65.6. The van der Waals surface area contributed by atoms with Gasteiger partial charge in [0.2, 0.25) is 53.2 Å². The average Bonchev–Trinajstić information content (AvgIpc) is 1.95. The number of likely N-dealkylation sites (tertiary alicyclic amines) is 3. The first-order valence-electron chi connectivity index (χ1n) is 29.3. The number of carboxylic acid groups (broad SMARTS) is 1. The summed E-state index contributed by atoms with van der Waals surface area (Å²) in [5.41, 5.74) is 29.4. The van der Waals surface area contributed by atoms with Crippen LogP contribution in [0.25, 0.3) is 0 Å². The third-order valence-corrected chi connectivity index (χ3v) is 17.5. The molecule has 5 heterocycles. The lowest BCUT2D eigenvalue weighted by Crippen LogP contribution is -2.63. The van der Waals surface area contributed by atoms with Crippen molar-refractivity contribution in [2.75, 3.05) is 39.3 Å². The van der Waals surface area contributed by atoms with Gasteiger partial charge in [-0.3, -0.25) is 57.9 Å². The highest BCUT2D eigenvalue weighted by atomic mass is 32.1. The third kappa shape index (κ3) is 16.7. The molecule has 4 fully saturated rings. The number of hydrogen-bond donors (Lipinski definition) is 13. The Morgan fingerprint density at radius 3 is 2.05 bits per heavy atom. The molecule has 0 bridgehead atoms. The Balaban J connectivity index is 1.01. The standard InChI is InChI=1S/C56H82N16O13S/c1-30(54(84)85)65-49(79)43-23-32-11-4-5-16-40(32)72(43)53(83)44-22-31-10-2-3-12-33(31)27-70(44)51(81)39(29-73)68-47(77)38(25-35-13-9-21-86-35)66-45(75)26-64-48(78)42-24-34(74)28-71(42)52(82)41-17-8-20-69(41)50(80)37(15-7-19-63-56(60)61)67-46(76)36(57)14-6-18-62-55(58)59/h2-3,9-10,12-13,21,30,32,34,36-44,73-74H,4-8,11,14-20,22-29,57H2,1H3,(H,64,78)(H,65,79)(H,66,75)(H,67,76)(H,68,77)(H,84,85)(H4,58,59,62)(H4,60,61,63)/t30-,32-,34-,36+,37-,38-,39-,40-,41-,42-,43-,44+/m0/s1. The van der Waals surface area contributed by atoms with Gasteiger partial charge in [0, 0.05) is 62.9 Å². The van der Waals surface area contributed by atoms with Crippen LogP contribution in [0.4, 0.5) is 0 Å². The van der Waals surface area contributed by atoms with Gasteiger partial charge >= 0.3 is 5.97 Å². The SMILES string of the molecule is C[C@H](NC(=O)[C@@H]1C[C@@H]2CCCC[C@@H]2N1C(=O)[C@H]1Cc2ccccc2CN1C(=O)[C@H](CO)NC(=O)[C@H](Cc1cccs1)NC(=O)CNC(=O)[C@@H]1C[C@H](O)CN1C(=O)[C@@H]1CCCN1C(=O)[C@H](CCCN=C(N)N)NC(=O)[C@H](N)CCCN=C(N)N)C(=O)O. The van der Waals surface area contributed by atoms with Crippen molar-refractivity contribution in [3.63, 3.8) is 0 Å². The molecular weight excluding hydrogens is 1140 g/mol. The summed E-state index contributed by atoms with van der Waals surface area (Å²) < 4.78 is 0. The van der Waals surface area contributed by atoms with Crippen molar-refractivity contribution in [1.29, 1.82) is 0 Å². The molecule has 4 aliphatic heterocycles. The first-order valence-corrected chi connectivity index (χ1v) is 30.1. The van der Waals surface area contributed by atoms with Gasteiger partial charge in [-0.15, -0.1) is 11.3 Å². The molecule has 1 aliphatic carbocycles. The number of benzene rings is 1. The van der Waals surface area contributed by atoms with Crippen LogP contribution in [-0.4, -0.2) is 212 Å². The predicted octanol–water partition coefficient (Wildman–Crippen LogP) is -4.06. The molecule has 12 atom stereocenters. The van der Waals surface area contributed by atoms with Crippen LogP contribution < -0.4 is 55.3 Å². The second-order valence-electron chi connectivity index (χ2n) is 22.6. The average molecular weight is 1220 g/mol. The topological polar surface area (TPSA) is 459 Å². The maximum atomic E-state index is 15.1. The third-order valence-electron chi connectivity index (χ3n) is 16.6. The summed E-state index contributed by atoms with van der Waals surface area (Å²) >= 11 is 1.28. The van der Waals surface area contributed by atoms with Crippen LogP contribution in [0.3, 0.4) is 0 Å². The van der Waals surface area contributed by atoms with Crippen LogP contribution in [0.1, 0.15) is 100.0 Å². The molecule has 470 valence electrons. The lowest BCUT2D eigenvalue weighted by Gasteiger charge is -2.42. The van der Waals surface area contributed by atoms with Gasteiger partial charge in [0.1, 0.15) is 48.3 Å². The number of aliphatic imine (C=N–C) groups is 2. The number of aliphatic hydroxyl groups is 2. The molecule has 1 saturated carbocycles. The zero-order valence-corrected chi connectivity index (χ0v) is 49.0. The monoisotopic (exact) mass is 1220 g/mol. The maximum absolute atomic E-state index is 15.1. The Hall–Kier alpha value is -7.96. The number of nitrogens with one attached hydrogen (secondary N) is 5. The number of carboxylic acids is 1. The van der Waals surface area contributed by atoms with Crippen LogP contribution in [0.15, 0.2) is 51.8 Å². The molecule has 1 aromatic carbocycles. The first-order chi connectivity index (χ1) is 41.1. The summed E-state index contributed by atoms with van der Waals surface area (Å²) in [4.78, 5) is 153. The molecule has 1 aromatic heterocycles. The zero-order chi connectivity index (χ0) is 62.4. The fourth-order valence-electron chi connectivity index (χ4n) is 12.2. The summed E-state index contributed by atoms with van der Waals surface area (Å²) in [5, 5.41) is 46.0. The predicted molar refractivity (Wildman–Crippen MR) is 313 cm³/mol. The highest BCUT2D eigenvalue weighted by Gasteiger charge is 2.52. The summed E-state index contributed by atoms with van der Waals surface area (Å²) in [6.45, 7) is -0.170. The molecule has 0 spiro atoms. The number of amides is 9. The number of thiophene rings is 1. The second kappa shape index (κ2) is 30.4. The van der Waals surface area contributed by atoms with Gasteiger partial charge in [-0.05, 0) is 93.2 Å². The van der Waals surface area contributed by atoms with E-state index in [1.165, 1.54) is 33.0 Å². The van der Waals surface area contributed by atoms with E-state index in [9.17, 15) is 58.5 Å². The molecule has 0 radical (unpaired) electrons. The number of nitrogens with two attached hydrogens (primary N) is 5. The molecule has 2 aromatic rings. The maximum Gasteiger partial charge on any atom is 0.325 e. The highest BCUT2D eigenvalue weighted by molar-refractivity contribution is 7.09. The summed E-state index contributed by atoms with van der Waals surface area (Å²) in [5.74, 6) is -7.92. The van der Waals surface area contributed by atoms with Gasteiger partial charge < -0.3 is 90.2 Å². The van der Waals surface area contributed by atoms with Gasteiger partial charge in [-0.25, -0.2) is 0 Å². The van der Waals surface area contributed by atoms with E-state index in [0.29, 0.717) is 36.1 Å². The van der Waals surface area contributed by atoms with Gasteiger partial charge in [0.05, 0.1) is 25.3 Å². The molecule has 7 rings (SSSR count). The number of carbonyl (C=O) groups excluding carboxylic acids is 9. The van der Waals surface area contributed by atoms with Crippen molar-refractivity contribution in [2.45, 2.75) is 170 Å². The quantitative estimate of drug-likeness (QED) is 0.0242. The molecule has 29 nitrogen and oxygen atoms in total. The fraction of sp³-hybridized carbons (Fsp3) is 0.607. The number of guanidine groups is 2. The van der Waals surface area contributed by atoms with Crippen molar-refractivity contribution in [2.24, 2.45) is 44.6 Å².